The molecule has 0 aliphatic rings. The number of aliphatic hydroxyl groups is 1. The number of hydrogen-bond donors (Lipinski definition) is 6. The Balaban J connectivity index is 5.17. The van der Waals surface area contributed by atoms with Gasteiger partial charge >= 0.3 is 5.97 Å². The SMILES string of the molecule is CC(NC(=O)C(NC(=O)C(NC(=O)C(N)CO)C(C)C)C(C)C)C(=O)O. The zero-order chi connectivity index (χ0) is 20.6. The maximum absolute atomic E-state index is 12.5. The number of amides is 3. The Labute approximate surface area is 152 Å². The van der Waals surface area contributed by atoms with E-state index in [0.717, 1.165) is 0 Å². The van der Waals surface area contributed by atoms with Gasteiger partial charge in [0.15, 0.2) is 0 Å². The van der Waals surface area contributed by atoms with Gasteiger partial charge in [-0.05, 0) is 18.8 Å². The molecule has 0 aromatic heterocycles. The summed E-state index contributed by atoms with van der Waals surface area (Å²) in [6.45, 7) is 7.54. The zero-order valence-corrected chi connectivity index (χ0v) is 15.8. The summed E-state index contributed by atoms with van der Waals surface area (Å²) < 4.78 is 0. The third kappa shape index (κ3) is 7.36. The molecular weight excluding hydrogens is 344 g/mol. The van der Waals surface area contributed by atoms with E-state index in [1.165, 1.54) is 6.92 Å². The van der Waals surface area contributed by atoms with Crippen molar-refractivity contribution in [3.05, 3.63) is 0 Å². The normalized spacial score (nSPS) is 15.7. The van der Waals surface area contributed by atoms with E-state index >= 15 is 0 Å². The van der Waals surface area contributed by atoms with Gasteiger partial charge in [0.2, 0.25) is 17.7 Å². The molecule has 0 heterocycles. The summed E-state index contributed by atoms with van der Waals surface area (Å²) in [5.41, 5.74) is 5.43. The highest BCUT2D eigenvalue weighted by molar-refractivity contribution is 5.94. The lowest BCUT2D eigenvalue weighted by atomic mass is 9.99. The summed E-state index contributed by atoms with van der Waals surface area (Å²) in [7, 11) is 0. The number of carboxylic acid groups (broad SMARTS) is 1. The van der Waals surface area contributed by atoms with Gasteiger partial charge in [-0.2, -0.15) is 0 Å². The molecule has 4 unspecified atom stereocenters. The lowest BCUT2D eigenvalue weighted by molar-refractivity contribution is -0.142. The number of hydrogen-bond acceptors (Lipinski definition) is 6. The van der Waals surface area contributed by atoms with Crippen LogP contribution >= 0.6 is 0 Å². The first-order valence-electron chi connectivity index (χ1n) is 8.42. The Morgan fingerprint density at radius 3 is 1.54 bits per heavy atom. The maximum atomic E-state index is 12.5. The van der Waals surface area contributed by atoms with Crippen molar-refractivity contribution in [2.75, 3.05) is 6.61 Å². The molecule has 0 spiro atoms. The minimum atomic E-state index is -1.20. The first kappa shape index (κ1) is 23.8. The molecule has 0 aromatic rings. The van der Waals surface area contributed by atoms with Crippen LogP contribution in [0.1, 0.15) is 34.6 Å². The van der Waals surface area contributed by atoms with Crippen molar-refractivity contribution >= 4 is 23.7 Å². The first-order valence-corrected chi connectivity index (χ1v) is 8.42. The van der Waals surface area contributed by atoms with Gasteiger partial charge in [0, 0.05) is 0 Å². The zero-order valence-electron chi connectivity index (χ0n) is 15.8. The van der Waals surface area contributed by atoms with Crippen LogP contribution in [0.25, 0.3) is 0 Å². The molecule has 10 nitrogen and oxygen atoms in total. The predicted octanol–water partition coefficient (Wildman–Crippen LogP) is -1.82. The standard InChI is InChI=1S/C16H30N4O6/c1-7(2)11(14(23)18-9(5)16(25)26)20-15(24)12(8(3)4)19-13(22)10(17)6-21/h7-12,21H,6,17H2,1-5H3,(H,18,23)(H,19,22)(H,20,24)(H,25,26). The van der Waals surface area contributed by atoms with Gasteiger partial charge in [-0.3, -0.25) is 19.2 Å². The van der Waals surface area contributed by atoms with Crippen LogP contribution in [-0.4, -0.2) is 64.7 Å². The van der Waals surface area contributed by atoms with Crippen LogP contribution < -0.4 is 21.7 Å². The van der Waals surface area contributed by atoms with Crippen LogP contribution in [0.3, 0.4) is 0 Å². The number of carboxylic acids is 1. The van der Waals surface area contributed by atoms with E-state index in [1.54, 1.807) is 27.7 Å². The monoisotopic (exact) mass is 374 g/mol. The minimum absolute atomic E-state index is 0.307. The summed E-state index contributed by atoms with van der Waals surface area (Å²) in [6, 6.07) is -4.21. The van der Waals surface area contributed by atoms with Crippen molar-refractivity contribution < 1.29 is 29.4 Å². The summed E-state index contributed by atoms with van der Waals surface area (Å²) in [4.78, 5) is 47.5. The van der Waals surface area contributed by atoms with Gasteiger partial charge in [0.1, 0.15) is 24.2 Å². The van der Waals surface area contributed by atoms with Crippen LogP contribution in [0, 0.1) is 11.8 Å². The Kier molecular flexibility index (Phi) is 9.81. The van der Waals surface area contributed by atoms with Crippen molar-refractivity contribution in [3.8, 4) is 0 Å². The number of rotatable bonds is 10. The van der Waals surface area contributed by atoms with Crippen molar-refractivity contribution in [2.24, 2.45) is 17.6 Å². The highest BCUT2D eigenvalue weighted by atomic mass is 16.4. The number of aliphatic carboxylic acids is 1. The highest BCUT2D eigenvalue weighted by Gasteiger charge is 2.32. The topological polar surface area (TPSA) is 171 Å². The van der Waals surface area contributed by atoms with Gasteiger partial charge in [-0.25, -0.2) is 0 Å². The van der Waals surface area contributed by atoms with E-state index < -0.39 is 54.5 Å². The van der Waals surface area contributed by atoms with Gasteiger partial charge in [0.25, 0.3) is 0 Å². The van der Waals surface area contributed by atoms with E-state index in [4.69, 9.17) is 15.9 Å². The van der Waals surface area contributed by atoms with Crippen LogP contribution in [0.4, 0.5) is 0 Å². The number of nitrogens with one attached hydrogen (secondary N) is 3. The molecule has 0 saturated heterocycles. The van der Waals surface area contributed by atoms with E-state index in [-0.39, 0.29) is 11.8 Å². The van der Waals surface area contributed by atoms with Crippen LogP contribution in [0.15, 0.2) is 0 Å². The average Bonchev–Trinajstić information content (AvgIpc) is 2.55. The number of carbonyl (C=O) groups is 4. The number of aliphatic hydroxyl groups excluding tert-OH is 1. The predicted molar refractivity (Wildman–Crippen MR) is 93.8 cm³/mol. The van der Waals surface area contributed by atoms with E-state index in [0.29, 0.717) is 0 Å². The molecule has 0 saturated carbocycles. The molecule has 3 amide bonds. The van der Waals surface area contributed by atoms with Crippen molar-refractivity contribution in [3.63, 3.8) is 0 Å². The second-order valence-electron chi connectivity index (χ2n) is 6.82. The molecule has 0 aliphatic carbocycles. The summed E-state index contributed by atoms with van der Waals surface area (Å²) >= 11 is 0. The second-order valence-corrected chi connectivity index (χ2v) is 6.82. The Morgan fingerprint density at radius 2 is 1.19 bits per heavy atom. The molecule has 10 heteroatoms. The van der Waals surface area contributed by atoms with Gasteiger partial charge in [0.05, 0.1) is 6.61 Å². The largest absolute Gasteiger partial charge is 0.480 e. The van der Waals surface area contributed by atoms with Crippen molar-refractivity contribution in [1.82, 2.24) is 16.0 Å². The number of carbonyl (C=O) groups excluding carboxylic acids is 3. The molecular formula is C16H30N4O6. The fourth-order valence-electron chi connectivity index (χ4n) is 2.02. The molecule has 150 valence electrons. The highest BCUT2D eigenvalue weighted by Crippen LogP contribution is 2.07. The molecule has 4 atom stereocenters. The summed E-state index contributed by atoms with van der Waals surface area (Å²) in [5.74, 6) is -3.75. The smallest absolute Gasteiger partial charge is 0.325 e. The third-order valence-corrected chi connectivity index (χ3v) is 3.76. The molecule has 0 aromatic carbocycles. The third-order valence-electron chi connectivity index (χ3n) is 3.76. The van der Waals surface area contributed by atoms with Crippen molar-refractivity contribution in [1.29, 1.82) is 0 Å². The lowest BCUT2D eigenvalue weighted by Crippen LogP contribution is -2.59. The van der Waals surface area contributed by atoms with Crippen LogP contribution in [0.2, 0.25) is 0 Å². The first-order chi connectivity index (χ1) is 11.9. The van der Waals surface area contributed by atoms with Crippen LogP contribution in [-0.2, 0) is 19.2 Å². The van der Waals surface area contributed by atoms with E-state index in [9.17, 15) is 19.2 Å². The molecule has 7 N–H and O–H groups in total. The fourth-order valence-corrected chi connectivity index (χ4v) is 2.02. The van der Waals surface area contributed by atoms with Crippen molar-refractivity contribution in [2.45, 2.75) is 58.8 Å². The van der Waals surface area contributed by atoms with Gasteiger partial charge in [-0.15, -0.1) is 0 Å². The maximum Gasteiger partial charge on any atom is 0.325 e. The molecule has 0 bridgehead atoms. The van der Waals surface area contributed by atoms with Gasteiger partial charge < -0.3 is 31.9 Å². The van der Waals surface area contributed by atoms with E-state index in [1.807, 2.05) is 0 Å². The molecule has 0 aliphatic heterocycles. The molecule has 0 fully saturated rings. The average molecular weight is 374 g/mol. The fraction of sp³-hybridized carbons (Fsp3) is 0.750. The Morgan fingerprint density at radius 1 is 0.808 bits per heavy atom. The molecule has 0 rings (SSSR count). The van der Waals surface area contributed by atoms with Gasteiger partial charge in [-0.1, -0.05) is 27.7 Å². The molecule has 0 radical (unpaired) electrons. The van der Waals surface area contributed by atoms with E-state index in [2.05, 4.69) is 16.0 Å². The van der Waals surface area contributed by atoms with Crippen LogP contribution in [0.5, 0.6) is 0 Å². The summed E-state index contributed by atoms with van der Waals surface area (Å²) in [6.07, 6.45) is 0. The number of nitrogens with two attached hydrogens (primary N) is 1. The quantitative estimate of drug-likeness (QED) is 0.261. The summed E-state index contributed by atoms with van der Waals surface area (Å²) in [5, 5.41) is 25.1. The minimum Gasteiger partial charge on any atom is -0.480 e. The molecule has 26 heavy (non-hydrogen) atoms. The Bertz CT molecular complexity index is 523. The lowest BCUT2D eigenvalue weighted by Gasteiger charge is -2.28. The second kappa shape index (κ2) is 10.7. The Hall–Kier alpha value is -2.20.